The number of rotatable bonds is 6. The van der Waals surface area contributed by atoms with Gasteiger partial charge in [-0.1, -0.05) is 50.6 Å². The maximum absolute atomic E-state index is 12.1. The molecule has 0 unspecified atom stereocenters. The minimum Gasteiger partial charge on any atom is -0.351 e. The molecule has 118 valence electrons. The largest absolute Gasteiger partial charge is 0.351 e. The number of benzene rings is 1. The van der Waals surface area contributed by atoms with Gasteiger partial charge in [-0.25, -0.2) is 0 Å². The molecule has 0 aliphatic heterocycles. The molecule has 1 aromatic rings. The van der Waals surface area contributed by atoms with Crippen LogP contribution in [0.15, 0.2) is 24.3 Å². The van der Waals surface area contributed by atoms with Crippen molar-refractivity contribution in [1.29, 1.82) is 0 Å². The molecule has 1 rings (SSSR count). The van der Waals surface area contributed by atoms with E-state index < -0.39 is 0 Å². The minimum absolute atomic E-state index is 0.140. The first-order valence-electron chi connectivity index (χ1n) is 7.94. The van der Waals surface area contributed by atoms with Crippen LogP contribution in [0.4, 0.5) is 0 Å². The summed E-state index contributed by atoms with van der Waals surface area (Å²) in [6.07, 6.45) is 3.44. The summed E-state index contributed by atoms with van der Waals surface area (Å²) in [4.78, 5) is 12.1. The zero-order valence-electron chi connectivity index (χ0n) is 14.5. The number of nitrogens with one attached hydrogen (secondary N) is 1. The topological polar surface area (TPSA) is 29.1 Å². The van der Waals surface area contributed by atoms with Crippen LogP contribution in [-0.4, -0.2) is 11.4 Å². The van der Waals surface area contributed by atoms with Crippen molar-refractivity contribution in [1.82, 2.24) is 5.32 Å². The highest BCUT2D eigenvalue weighted by Gasteiger charge is 2.26. The predicted octanol–water partition coefficient (Wildman–Crippen LogP) is 4.65. The summed E-state index contributed by atoms with van der Waals surface area (Å²) in [5.74, 6) is 0.163. The van der Waals surface area contributed by atoms with E-state index in [9.17, 15) is 4.79 Å². The second kappa shape index (κ2) is 7.11. The molecule has 2 nitrogen and oxygen atoms in total. The first kappa shape index (κ1) is 17.7. The van der Waals surface area contributed by atoms with Gasteiger partial charge in [-0.15, -0.1) is 0 Å². The highest BCUT2D eigenvalue weighted by Crippen LogP contribution is 2.26. The standard InChI is InChI=1S/C19H31NO/c1-15-10-12-16(13-11-15)8-7-9-17(21)20-19(5,6)14-18(2,3)4/h10-13H,7-9,14H2,1-6H3,(H,20,21). The molecule has 2 heteroatoms. The van der Waals surface area contributed by atoms with Gasteiger partial charge in [0.05, 0.1) is 0 Å². The molecule has 1 aromatic carbocycles. The maximum Gasteiger partial charge on any atom is 0.220 e. The zero-order chi connectivity index (χ0) is 16.1. The van der Waals surface area contributed by atoms with Crippen LogP contribution in [0.2, 0.25) is 0 Å². The van der Waals surface area contributed by atoms with Crippen molar-refractivity contribution in [3.05, 3.63) is 35.4 Å². The number of hydrogen-bond acceptors (Lipinski definition) is 1. The molecule has 0 bridgehead atoms. The van der Waals surface area contributed by atoms with Gasteiger partial charge in [0, 0.05) is 12.0 Å². The average molecular weight is 289 g/mol. The van der Waals surface area contributed by atoms with E-state index in [2.05, 4.69) is 71.1 Å². The molecule has 0 fully saturated rings. The van der Waals surface area contributed by atoms with Gasteiger partial charge in [-0.3, -0.25) is 4.79 Å². The summed E-state index contributed by atoms with van der Waals surface area (Å²) in [6, 6.07) is 8.55. The van der Waals surface area contributed by atoms with E-state index in [1.165, 1.54) is 11.1 Å². The van der Waals surface area contributed by atoms with Gasteiger partial charge in [0.25, 0.3) is 0 Å². The van der Waals surface area contributed by atoms with Gasteiger partial charge in [0.15, 0.2) is 0 Å². The van der Waals surface area contributed by atoms with Gasteiger partial charge < -0.3 is 5.32 Å². The molecule has 0 saturated carbocycles. The Morgan fingerprint density at radius 1 is 1.05 bits per heavy atom. The summed E-state index contributed by atoms with van der Waals surface area (Å²) in [5.41, 5.74) is 2.67. The quantitative estimate of drug-likeness (QED) is 0.811. The molecule has 0 aromatic heterocycles. The molecule has 0 atom stereocenters. The van der Waals surface area contributed by atoms with E-state index in [-0.39, 0.29) is 16.9 Å². The second-order valence-corrected chi connectivity index (χ2v) is 8.01. The first-order valence-corrected chi connectivity index (χ1v) is 7.94. The lowest BCUT2D eigenvalue weighted by atomic mass is 9.81. The van der Waals surface area contributed by atoms with Crippen LogP contribution >= 0.6 is 0 Å². The fourth-order valence-electron chi connectivity index (χ4n) is 3.02. The summed E-state index contributed by atoms with van der Waals surface area (Å²) >= 11 is 0. The van der Waals surface area contributed by atoms with Gasteiger partial charge in [0.1, 0.15) is 0 Å². The number of amides is 1. The Morgan fingerprint density at radius 3 is 2.14 bits per heavy atom. The Bertz CT molecular complexity index is 451. The molecule has 1 amide bonds. The lowest BCUT2D eigenvalue weighted by Crippen LogP contribution is -2.45. The number of hydrogen-bond donors (Lipinski definition) is 1. The van der Waals surface area contributed by atoms with E-state index in [4.69, 9.17) is 0 Å². The van der Waals surface area contributed by atoms with Crippen LogP contribution in [0, 0.1) is 12.3 Å². The van der Waals surface area contributed by atoms with Crippen molar-refractivity contribution in [2.24, 2.45) is 5.41 Å². The molecule has 0 heterocycles. The predicted molar refractivity (Wildman–Crippen MR) is 90.4 cm³/mol. The van der Waals surface area contributed by atoms with Gasteiger partial charge >= 0.3 is 0 Å². The lowest BCUT2D eigenvalue weighted by molar-refractivity contribution is -0.123. The molecule has 0 aliphatic carbocycles. The van der Waals surface area contributed by atoms with Crippen LogP contribution in [0.3, 0.4) is 0 Å². The van der Waals surface area contributed by atoms with Crippen molar-refractivity contribution in [3.63, 3.8) is 0 Å². The van der Waals surface area contributed by atoms with Gasteiger partial charge in [0.2, 0.25) is 5.91 Å². The average Bonchev–Trinajstić information content (AvgIpc) is 2.27. The van der Waals surface area contributed by atoms with Crippen LogP contribution < -0.4 is 5.32 Å². The van der Waals surface area contributed by atoms with Crippen molar-refractivity contribution in [2.45, 2.75) is 72.8 Å². The van der Waals surface area contributed by atoms with Gasteiger partial charge in [-0.2, -0.15) is 0 Å². The molecule has 0 spiro atoms. The van der Waals surface area contributed by atoms with E-state index in [1.54, 1.807) is 0 Å². The third kappa shape index (κ3) is 7.89. The third-order valence-corrected chi connectivity index (χ3v) is 3.44. The normalized spacial score (nSPS) is 12.3. The Morgan fingerprint density at radius 2 is 1.62 bits per heavy atom. The van der Waals surface area contributed by atoms with E-state index in [1.807, 2.05) is 0 Å². The molecule has 21 heavy (non-hydrogen) atoms. The van der Waals surface area contributed by atoms with Crippen LogP contribution in [-0.2, 0) is 11.2 Å². The van der Waals surface area contributed by atoms with Crippen molar-refractivity contribution >= 4 is 5.91 Å². The van der Waals surface area contributed by atoms with Crippen molar-refractivity contribution in [2.75, 3.05) is 0 Å². The monoisotopic (exact) mass is 289 g/mol. The Balaban J connectivity index is 2.35. The fraction of sp³-hybridized carbons (Fsp3) is 0.632. The smallest absolute Gasteiger partial charge is 0.220 e. The number of carbonyl (C=O) groups excluding carboxylic acids is 1. The molecular formula is C19H31NO. The van der Waals surface area contributed by atoms with Crippen molar-refractivity contribution in [3.8, 4) is 0 Å². The van der Waals surface area contributed by atoms with Gasteiger partial charge in [-0.05, 0) is 51.0 Å². The van der Waals surface area contributed by atoms with E-state index in [0.717, 1.165) is 19.3 Å². The second-order valence-electron chi connectivity index (χ2n) is 8.01. The maximum atomic E-state index is 12.1. The molecular weight excluding hydrogens is 258 g/mol. The van der Waals surface area contributed by atoms with Crippen molar-refractivity contribution < 1.29 is 4.79 Å². The SMILES string of the molecule is Cc1ccc(CCCC(=O)NC(C)(C)CC(C)(C)C)cc1. The fourth-order valence-corrected chi connectivity index (χ4v) is 3.02. The Labute approximate surface area is 130 Å². The molecule has 0 aliphatic rings. The molecule has 1 N–H and O–H groups in total. The highest BCUT2D eigenvalue weighted by atomic mass is 16.1. The zero-order valence-corrected chi connectivity index (χ0v) is 14.5. The number of aryl methyl sites for hydroxylation is 2. The van der Waals surface area contributed by atoms with E-state index >= 15 is 0 Å². The first-order chi connectivity index (χ1) is 9.57. The van der Waals surface area contributed by atoms with Crippen LogP contribution in [0.5, 0.6) is 0 Å². The minimum atomic E-state index is -0.140. The summed E-state index contributed by atoms with van der Waals surface area (Å²) in [6.45, 7) is 12.9. The number of carbonyl (C=O) groups is 1. The molecule has 0 saturated heterocycles. The lowest BCUT2D eigenvalue weighted by Gasteiger charge is -2.33. The summed E-state index contributed by atoms with van der Waals surface area (Å²) in [7, 11) is 0. The molecule has 0 radical (unpaired) electrons. The summed E-state index contributed by atoms with van der Waals surface area (Å²) < 4.78 is 0. The highest BCUT2D eigenvalue weighted by molar-refractivity contribution is 5.76. The summed E-state index contributed by atoms with van der Waals surface area (Å²) in [5, 5.41) is 3.17. The van der Waals surface area contributed by atoms with Crippen LogP contribution in [0.1, 0.15) is 65.0 Å². The van der Waals surface area contributed by atoms with Crippen LogP contribution in [0.25, 0.3) is 0 Å². The van der Waals surface area contributed by atoms with E-state index in [0.29, 0.717) is 6.42 Å². The third-order valence-electron chi connectivity index (χ3n) is 3.44. The Kier molecular flexibility index (Phi) is 6.00. The Hall–Kier alpha value is -1.31.